The van der Waals surface area contributed by atoms with E-state index in [1.807, 2.05) is 12.1 Å². The van der Waals surface area contributed by atoms with Crippen molar-refractivity contribution in [1.29, 1.82) is 0 Å². The van der Waals surface area contributed by atoms with Crippen LogP contribution >= 0.6 is 0 Å². The van der Waals surface area contributed by atoms with Crippen LogP contribution in [0, 0.1) is 10.1 Å². The highest BCUT2D eigenvalue weighted by atomic mass is 16.6. The molecule has 0 saturated heterocycles. The van der Waals surface area contributed by atoms with Crippen LogP contribution in [0.2, 0.25) is 0 Å². The zero-order chi connectivity index (χ0) is 14.2. The molecule has 0 bridgehead atoms. The Morgan fingerprint density at radius 1 is 1.25 bits per heavy atom. The molecule has 6 nitrogen and oxygen atoms in total. The number of furan rings is 1. The van der Waals surface area contributed by atoms with E-state index in [0.717, 1.165) is 18.7 Å². The average Bonchev–Trinajstić information content (AvgIpc) is 2.96. The molecule has 2 rings (SSSR count). The second-order valence-electron chi connectivity index (χ2n) is 4.21. The highest BCUT2D eigenvalue weighted by Crippen LogP contribution is 2.17. The minimum Gasteiger partial charge on any atom is -0.494 e. The van der Waals surface area contributed by atoms with Crippen molar-refractivity contribution in [1.82, 2.24) is 5.32 Å². The van der Waals surface area contributed by atoms with Gasteiger partial charge in [-0.1, -0.05) is 0 Å². The molecule has 1 aromatic heterocycles. The zero-order valence-corrected chi connectivity index (χ0v) is 11.0. The van der Waals surface area contributed by atoms with Crippen molar-refractivity contribution in [3.8, 4) is 5.75 Å². The van der Waals surface area contributed by atoms with Crippen LogP contribution in [0.4, 0.5) is 5.69 Å². The number of rotatable bonds is 8. The van der Waals surface area contributed by atoms with E-state index in [4.69, 9.17) is 9.15 Å². The lowest BCUT2D eigenvalue weighted by molar-refractivity contribution is -0.384. The fourth-order valence-corrected chi connectivity index (χ4v) is 1.68. The number of nitrogens with zero attached hydrogens (tertiary/aromatic N) is 1. The first kappa shape index (κ1) is 14.1. The molecule has 0 spiro atoms. The van der Waals surface area contributed by atoms with Gasteiger partial charge in [-0.25, -0.2) is 0 Å². The first-order chi connectivity index (χ1) is 9.75. The van der Waals surface area contributed by atoms with Crippen LogP contribution in [0.3, 0.4) is 0 Å². The number of hydrogen-bond acceptors (Lipinski definition) is 5. The van der Waals surface area contributed by atoms with Gasteiger partial charge in [-0.15, -0.1) is 0 Å². The molecule has 0 aliphatic carbocycles. The van der Waals surface area contributed by atoms with Gasteiger partial charge in [-0.2, -0.15) is 0 Å². The summed E-state index contributed by atoms with van der Waals surface area (Å²) in [5, 5.41) is 13.7. The van der Waals surface area contributed by atoms with Gasteiger partial charge in [0.15, 0.2) is 0 Å². The fraction of sp³-hybridized carbons (Fsp3) is 0.286. The largest absolute Gasteiger partial charge is 0.494 e. The molecule has 0 aliphatic rings. The molecule has 0 amide bonds. The number of hydrogen-bond donors (Lipinski definition) is 1. The van der Waals surface area contributed by atoms with Gasteiger partial charge in [0.2, 0.25) is 0 Å². The molecule has 0 radical (unpaired) electrons. The summed E-state index contributed by atoms with van der Waals surface area (Å²) in [4.78, 5) is 10.1. The molecule has 0 atom stereocenters. The van der Waals surface area contributed by atoms with E-state index >= 15 is 0 Å². The Morgan fingerprint density at radius 3 is 2.70 bits per heavy atom. The summed E-state index contributed by atoms with van der Waals surface area (Å²) >= 11 is 0. The Kier molecular flexibility index (Phi) is 5.14. The van der Waals surface area contributed by atoms with Gasteiger partial charge >= 0.3 is 0 Å². The number of nitrogens with one attached hydrogen (secondary N) is 1. The lowest BCUT2D eigenvalue weighted by atomic mass is 10.3. The van der Waals surface area contributed by atoms with Gasteiger partial charge in [0.1, 0.15) is 11.5 Å². The molecule has 0 saturated carbocycles. The monoisotopic (exact) mass is 276 g/mol. The number of benzene rings is 1. The van der Waals surface area contributed by atoms with Gasteiger partial charge < -0.3 is 14.5 Å². The molecule has 0 aliphatic heterocycles. The number of nitro benzene ring substituents is 1. The summed E-state index contributed by atoms with van der Waals surface area (Å²) in [5.41, 5.74) is 0.0671. The molecule has 106 valence electrons. The maximum absolute atomic E-state index is 10.5. The van der Waals surface area contributed by atoms with E-state index in [0.29, 0.717) is 18.9 Å². The van der Waals surface area contributed by atoms with Crippen LogP contribution in [0.15, 0.2) is 47.1 Å². The second-order valence-corrected chi connectivity index (χ2v) is 4.21. The van der Waals surface area contributed by atoms with E-state index < -0.39 is 4.92 Å². The van der Waals surface area contributed by atoms with Crippen molar-refractivity contribution in [2.24, 2.45) is 0 Å². The van der Waals surface area contributed by atoms with E-state index in [2.05, 4.69) is 5.32 Å². The molecule has 0 unspecified atom stereocenters. The van der Waals surface area contributed by atoms with Crippen LogP contribution in [0.5, 0.6) is 5.75 Å². The van der Waals surface area contributed by atoms with E-state index in [1.54, 1.807) is 18.4 Å². The van der Waals surface area contributed by atoms with Gasteiger partial charge in [-0.3, -0.25) is 10.1 Å². The van der Waals surface area contributed by atoms with E-state index in [9.17, 15) is 10.1 Å². The maximum atomic E-state index is 10.5. The van der Waals surface area contributed by atoms with Crippen LogP contribution in [0.25, 0.3) is 0 Å². The molecule has 0 fully saturated rings. The third-order valence-electron chi connectivity index (χ3n) is 2.69. The van der Waals surface area contributed by atoms with Crippen molar-refractivity contribution >= 4 is 5.69 Å². The minimum atomic E-state index is -0.428. The summed E-state index contributed by atoms with van der Waals surface area (Å²) < 4.78 is 10.7. The number of ether oxygens (including phenoxy) is 1. The van der Waals surface area contributed by atoms with Crippen molar-refractivity contribution in [2.75, 3.05) is 13.2 Å². The quantitative estimate of drug-likeness (QED) is 0.455. The minimum absolute atomic E-state index is 0.0671. The molecule has 1 heterocycles. The Labute approximate surface area is 116 Å². The number of non-ortho nitro benzene ring substituents is 1. The zero-order valence-electron chi connectivity index (χ0n) is 11.0. The van der Waals surface area contributed by atoms with Crippen molar-refractivity contribution in [2.45, 2.75) is 13.0 Å². The molecule has 1 N–H and O–H groups in total. The smallest absolute Gasteiger partial charge is 0.269 e. The van der Waals surface area contributed by atoms with Crippen LogP contribution in [0.1, 0.15) is 12.2 Å². The molecule has 20 heavy (non-hydrogen) atoms. The molecular weight excluding hydrogens is 260 g/mol. The van der Waals surface area contributed by atoms with Crippen LogP contribution < -0.4 is 10.1 Å². The Morgan fingerprint density at radius 2 is 2.05 bits per heavy atom. The first-order valence-corrected chi connectivity index (χ1v) is 6.36. The standard InChI is InChI=1S/C14H16N2O4/c17-16(18)12-4-6-13(7-5-12)19-10-2-8-15-11-14-3-1-9-20-14/h1,3-7,9,15H,2,8,10-11H2. The second kappa shape index (κ2) is 7.30. The Bertz CT molecular complexity index is 523. The first-order valence-electron chi connectivity index (χ1n) is 6.36. The van der Waals surface area contributed by atoms with Gasteiger partial charge in [0.05, 0.1) is 24.3 Å². The Balaban J connectivity index is 1.59. The van der Waals surface area contributed by atoms with Gasteiger partial charge in [-0.05, 0) is 37.2 Å². The fourth-order valence-electron chi connectivity index (χ4n) is 1.68. The predicted molar refractivity (Wildman–Crippen MR) is 73.6 cm³/mol. The number of nitro groups is 1. The van der Waals surface area contributed by atoms with Gasteiger partial charge in [0.25, 0.3) is 5.69 Å². The summed E-state index contributed by atoms with van der Waals surface area (Å²) in [5.74, 6) is 1.54. The third-order valence-corrected chi connectivity index (χ3v) is 2.69. The maximum Gasteiger partial charge on any atom is 0.269 e. The normalized spacial score (nSPS) is 10.4. The Hall–Kier alpha value is -2.34. The highest BCUT2D eigenvalue weighted by molar-refractivity contribution is 5.35. The molecular formula is C14H16N2O4. The molecule has 6 heteroatoms. The van der Waals surface area contributed by atoms with Gasteiger partial charge in [0, 0.05) is 12.1 Å². The van der Waals surface area contributed by atoms with Crippen molar-refractivity contribution in [3.05, 3.63) is 58.5 Å². The summed E-state index contributed by atoms with van der Waals surface area (Å²) in [7, 11) is 0. The van der Waals surface area contributed by atoms with Crippen LogP contribution in [-0.2, 0) is 6.54 Å². The lowest BCUT2D eigenvalue weighted by Crippen LogP contribution is -2.16. The average molecular weight is 276 g/mol. The highest BCUT2D eigenvalue weighted by Gasteiger charge is 2.04. The third kappa shape index (κ3) is 4.40. The van der Waals surface area contributed by atoms with E-state index in [-0.39, 0.29) is 5.69 Å². The lowest BCUT2D eigenvalue weighted by Gasteiger charge is -2.06. The SMILES string of the molecule is O=[N+]([O-])c1ccc(OCCCNCc2ccco2)cc1. The topological polar surface area (TPSA) is 77.5 Å². The summed E-state index contributed by atoms with van der Waals surface area (Å²) in [6, 6.07) is 9.85. The van der Waals surface area contributed by atoms with Crippen LogP contribution in [-0.4, -0.2) is 18.1 Å². The van der Waals surface area contributed by atoms with Crippen molar-refractivity contribution < 1.29 is 14.1 Å². The molecule has 1 aromatic carbocycles. The van der Waals surface area contributed by atoms with E-state index in [1.165, 1.54) is 12.1 Å². The summed E-state index contributed by atoms with van der Waals surface area (Å²) in [6.07, 6.45) is 2.49. The van der Waals surface area contributed by atoms with Crippen molar-refractivity contribution in [3.63, 3.8) is 0 Å². The predicted octanol–water partition coefficient (Wildman–Crippen LogP) is 2.75. The molecule has 2 aromatic rings. The summed E-state index contributed by atoms with van der Waals surface area (Å²) in [6.45, 7) is 2.07.